The van der Waals surface area contributed by atoms with Gasteiger partial charge in [0.25, 0.3) is 0 Å². The molecular formula is C18H27N3O3. The number of hydrogen-bond donors (Lipinski definition) is 2. The Kier molecular flexibility index (Phi) is 6.46. The third-order valence-corrected chi connectivity index (χ3v) is 4.26. The summed E-state index contributed by atoms with van der Waals surface area (Å²) in [6.07, 6.45) is 1.68. The maximum atomic E-state index is 12.5. The molecule has 1 unspecified atom stereocenters. The number of anilines is 2. The second-order valence-electron chi connectivity index (χ2n) is 6.30. The highest BCUT2D eigenvalue weighted by Crippen LogP contribution is 2.19. The number of nitrogens with zero attached hydrogens (tertiary/aromatic N) is 1. The van der Waals surface area contributed by atoms with E-state index in [-0.39, 0.29) is 11.9 Å². The fourth-order valence-electron chi connectivity index (χ4n) is 2.75. The van der Waals surface area contributed by atoms with Gasteiger partial charge in [-0.3, -0.25) is 10.1 Å². The van der Waals surface area contributed by atoms with Crippen molar-refractivity contribution in [2.24, 2.45) is 5.92 Å². The number of nitrogens with one attached hydrogen (secondary N) is 2. The molecule has 0 aliphatic carbocycles. The first-order valence-corrected chi connectivity index (χ1v) is 8.58. The summed E-state index contributed by atoms with van der Waals surface area (Å²) in [7, 11) is 0. The summed E-state index contributed by atoms with van der Waals surface area (Å²) in [4.78, 5) is 25.8. The van der Waals surface area contributed by atoms with Crippen molar-refractivity contribution < 1.29 is 14.3 Å². The van der Waals surface area contributed by atoms with E-state index in [1.165, 1.54) is 0 Å². The topological polar surface area (TPSA) is 70.7 Å². The Morgan fingerprint density at radius 3 is 2.38 bits per heavy atom. The van der Waals surface area contributed by atoms with Crippen molar-refractivity contribution in [2.45, 2.75) is 39.7 Å². The summed E-state index contributed by atoms with van der Waals surface area (Å²) in [5.74, 6) is 0.840. The Labute approximate surface area is 143 Å². The molecule has 132 valence electrons. The minimum absolute atomic E-state index is 0.135. The van der Waals surface area contributed by atoms with Gasteiger partial charge in [0.1, 0.15) is 6.04 Å². The number of ether oxygens (including phenoxy) is 1. The second kappa shape index (κ2) is 8.57. The summed E-state index contributed by atoms with van der Waals surface area (Å²) in [5, 5.41) is 5.86. The predicted octanol–water partition coefficient (Wildman–Crippen LogP) is 3.31. The Hall–Kier alpha value is -2.24. The highest BCUT2D eigenvalue weighted by molar-refractivity contribution is 5.86. The van der Waals surface area contributed by atoms with E-state index < -0.39 is 6.09 Å². The summed E-state index contributed by atoms with van der Waals surface area (Å²) in [5.41, 5.74) is 1.50. The normalized spacial score (nSPS) is 16.4. The van der Waals surface area contributed by atoms with Crippen molar-refractivity contribution >= 4 is 23.4 Å². The van der Waals surface area contributed by atoms with E-state index in [0.717, 1.165) is 31.6 Å². The van der Waals surface area contributed by atoms with E-state index in [9.17, 15) is 9.59 Å². The van der Waals surface area contributed by atoms with E-state index in [4.69, 9.17) is 4.74 Å². The van der Waals surface area contributed by atoms with Crippen molar-refractivity contribution in [1.29, 1.82) is 0 Å². The van der Waals surface area contributed by atoms with Gasteiger partial charge in [-0.15, -0.1) is 0 Å². The maximum absolute atomic E-state index is 12.5. The molecule has 0 radical (unpaired) electrons. The van der Waals surface area contributed by atoms with Crippen LogP contribution >= 0.6 is 0 Å². The molecule has 1 atom stereocenters. The summed E-state index contributed by atoms with van der Waals surface area (Å²) in [6, 6.07) is 6.95. The van der Waals surface area contributed by atoms with Crippen molar-refractivity contribution in [2.75, 3.05) is 30.3 Å². The van der Waals surface area contributed by atoms with Crippen LogP contribution < -0.4 is 10.6 Å². The Morgan fingerprint density at radius 1 is 1.21 bits per heavy atom. The molecule has 2 amide bonds. The fourth-order valence-corrected chi connectivity index (χ4v) is 2.75. The van der Waals surface area contributed by atoms with E-state index in [0.29, 0.717) is 18.2 Å². The van der Waals surface area contributed by atoms with Crippen LogP contribution in [0.15, 0.2) is 24.3 Å². The van der Waals surface area contributed by atoms with Gasteiger partial charge >= 0.3 is 6.09 Å². The summed E-state index contributed by atoms with van der Waals surface area (Å²) < 4.78 is 4.83. The molecule has 24 heavy (non-hydrogen) atoms. The molecule has 0 saturated carbocycles. The van der Waals surface area contributed by atoms with E-state index >= 15 is 0 Å². The number of carbonyl (C=O) groups excluding carboxylic acids is 2. The minimum Gasteiger partial charge on any atom is -0.450 e. The van der Waals surface area contributed by atoms with Gasteiger partial charge in [-0.1, -0.05) is 6.92 Å². The monoisotopic (exact) mass is 333 g/mol. The van der Waals surface area contributed by atoms with Gasteiger partial charge in [0.15, 0.2) is 0 Å². The largest absolute Gasteiger partial charge is 0.450 e. The van der Waals surface area contributed by atoms with E-state index in [2.05, 4.69) is 17.6 Å². The number of benzene rings is 1. The number of rotatable bonds is 5. The number of piperidine rings is 1. The molecule has 1 aliphatic rings. The third kappa shape index (κ3) is 5.15. The highest BCUT2D eigenvalue weighted by Gasteiger charge is 2.24. The van der Waals surface area contributed by atoms with E-state index in [1.54, 1.807) is 19.1 Å². The van der Waals surface area contributed by atoms with Gasteiger partial charge in [-0.25, -0.2) is 4.79 Å². The van der Waals surface area contributed by atoms with E-state index in [1.807, 2.05) is 24.0 Å². The van der Waals surface area contributed by atoms with Crippen LogP contribution in [0.2, 0.25) is 0 Å². The minimum atomic E-state index is -0.471. The lowest BCUT2D eigenvalue weighted by Crippen LogP contribution is -2.45. The van der Waals surface area contributed by atoms with Crippen molar-refractivity contribution in [3.63, 3.8) is 0 Å². The zero-order chi connectivity index (χ0) is 17.5. The van der Waals surface area contributed by atoms with Crippen LogP contribution in [0, 0.1) is 5.92 Å². The average molecular weight is 333 g/mol. The Morgan fingerprint density at radius 2 is 1.79 bits per heavy atom. The predicted molar refractivity (Wildman–Crippen MR) is 95.1 cm³/mol. The third-order valence-electron chi connectivity index (χ3n) is 4.26. The number of amides is 2. The van der Waals surface area contributed by atoms with Gasteiger partial charge < -0.3 is 15.0 Å². The van der Waals surface area contributed by atoms with Crippen LogP contribution in [0.4, 0.5) is 16.2 Å². The Bertz CT molecular complexity index is 551. The molecule has 6 nitrogen and oxygen atoms in total. The molecule has 2 rings (SSSR count). The first-order chi connectivity index (χ1) is 11.5. The maximum Gasteiger partial charge on any atom is 0.411 e. The zero-order valence-corrected chi connectivity index (χ0v) is 14.7. The first kappa shape index (κ1) is 18.1. The molecule has 0 spiro atoms. The summed E-state index contributed by atoms with van der Waals surface area (Å²) >= 11 is 0. The first-order valence-electron chi connectivity index (χ1n) is 8.58. The molecule has 2 N–H and O–H groups in total. The van der Waals surface area contributed by atoms with Gasteiger partial charge in [0.05, 0.1) is 6.61 Å². The lowest BCUT2D eigenvalue weighted by atomic mass is 9.99. The molecule has 0 bridgehead atoms. The highest BCUT2D eigenvalue weighted by atomic mass is 16.5. The zero-order valence-electron chi connectivity index (χ0n) is 14.7. The standard InChI is InChI=1S/C18H27N3O3/c1-4-24-18(23)20-16-7-5-15(6-8-16)19-14(3)17(22)21-11-9-13(2)10-12-21/h5-8,13-14,19H,4,9-12H2,1-3H3,(H,20,23). The molecule has 1 aromatic carbocycles. The van der Waals surface area contributed by atoms with Crippen LogP contribution in [0.3, 0.4) is 0 Å². The van der Waals surface area contributed by atoms with Crippen LogP contribution in [0.1, 0.15) is 33.6 Å². The van der Waals surface area contributed by atoms with Gasteiger partial charge in [-0.05, 0) is 56.9 Å². The molecule has 6 heteroatoms. The molecule has 1 fully saturated rings. The number of likely N-dealkylation sites (tertiary alicyclic amines) is 1. The quantitative estimate of drug-likeness (QED) is 0.867. The lowest BCUT2D eigenvalue weighted by molar-refractivity contribution is -0.132. The average Bonchev–Trinajstić information content (AvgIpc) is 2.57. The van der Waals surface area contributed by atoms with Crippen molar-refractivity contribution in [3.05, 3.63) is 24.3 Å². The van der Waals surface area contributed by atoms with Crippen LogP contribution in [-0.4, -0.2) is 42.6 Å². The Balaban J connectivity index is 1.86. The number of carbonyl (C=O) groups is 2. The van der Waals surface area contributed by atoms with Gasteiger partial charge in [0, 0.05) is 24.5 Å². The molecule has 1 heterocycles. The van der Waals surface area contributed by atoms with Crippen LogP contribution in [0.25, 0.3) is 0 Å². The van der Waals surface area contributed by atoms with Crippen molar-refractivity contribution in [1.82, 2.24) is 4.90 Å². The molecule has 0 aromatic heterocycles. The van der Waals surface area contributed by atoms with Gasteiger partial charge in [0.2, 0.25) is 5.91 Å². The molecule has 1 aliphatic heterocycles. The van der Waals surface area contributed by atoms with Gasteiger partial charge in [-0.2, -0.15) is 0 Å². The second-order valence-corrected chi connectivity index (χ2v) is 6.30. The summed E-state index contributed by atoms with van der Waals surface area (Å²) in [6.45, 7) is 7.89. The lowest BCUT2D eigenvalue weighted by Gasteiger charge is -2.32. The SMILES string of the molecule is CCOC(=O)Nc1ccc(NC(C)C(=O)N2CCC(C)CC2)cc1. The van der Waals surface area contributed by atoms with Crippen LogP contribution in [0.5, 0.6) is 0 Å². The van der Waals surface area contributed by atoms with Crippen molar-refractivity contribution in [3.8, 4) is 0 Å². The molecule has 1 saturated heterocycles. The molecular weight excluding hydrogens is 306 g/mol. The van der Waals surface area contributed by atoms with Crippen LogP contribution in [-0.2, 0) is 9.53 Å². The number of hydrogen-bond acceptors (Lipinski definition) is 4. The fraction of sp³-hybridized carbons (Fsp3) is 0.556. The smallest absolute Gasteiger partial charge is 0.411 e. The molecule has 1 aromatic rings.